The van der Waals surface area contributed by atoms with Crippen molar-refractivity contribution in [3.63, 3.8) is 0 Å². The number of aromatic amines is 1. The van der Waals surface area contributed by atoms with Crippen molar-refractivity contribution in [3.8, 4) is 22.7 Å². The number of H-pyrrole nitrogens is 1. The average Bonchev–Trinajstić information content (AvgIpc) is 3.39. The summed E-state index contributed by atoms with van der Waals surface area (Å²) in [5.41, 5.74) is 3.89. The lowest BCUT2D eigenvalue weighted by Gasteiger charge is -2.06. The second-order valence-electron chi connectivity index (χ2n) is 7.41. The summed E-state index contributed by atoms with van der Waals surface area (Å²) in [4.78, 5) is 13.1. The highest BCUT2D eigenvalue weighted by Crippen LogP contribution is 2.27. The van der Waals surface area contributed by atoms with Crippen LogP contribution < -0.4 is 10.1 Å². The number of benzene rings is 2. The van der Waals surface area contributed by atoms with Gasteiger partial charge in [0.1, 0.15) is 17.3 Å². The molecule has 4 rings (SSSR count). The molecule has 9 heteroatoms. The first-order valence-corrected chi connectivity index (χ1v) is 10.6. The SMILES string of the molecule is COc1cccc(-c2nn(-c3ccc(C)cc3)cc2C(=O)NCCc2n[nH]c(=S)n2C)c1. The van der Waals surface area contributed by atoms with E-state index in [0.717, 1.165) is 22.6 Å². The smallest absolute Gasteiger partial charge is 0.255 e. The number of hydrogen-bond donors (Lipinski definition) is 2. The molecule has 0 atom stereocenters. The number of methoxy groups -OCH3 is 1. The molecule has 2 N–H and O–H groups in total. The molecular formula is C23H24N6O2S. The van der Waals surface area contributed by atoms with Crippen LogP contribution in [-0.4, -0.2) is 44.1 Å². The predicted octanol–water partition coefficient (Wildman–Crippen LogP) is 3.62. The van der Waals surface area contributed by atoms with Gasteiger partial charge in [0.2, 0.25) is 0 Å². The molecule has 0 radical (unpaired) electrons. The lowest BCUT2D eigenvalue weighted by molar-refractivity contribution is 0.0954. The van der Waals surface area contributed by atoms with Crippen LogP contribution in [0.4, 0.5) is 0 Å². The Morgan fingerprint density at radius 1 is 1.22 bits per heavy atom. The van der Waals surface area contributed by atoms with Gasteiger partial charge in [-0.2, -0.15) is 10.2 Å². The van der Waals surface area contributed by atoms with Crippen LogP contribution in [0, 0.1) is 11.7 Å². The van der Waals surface area contributed by atoms with Gasteiger partial charge in [-0.05, 0) is 43.4 Å². The van der Waals surface area contributed by atoms with Crippen molar-refractivity contribution in [1.29, 1.82) is 0 Å². The molecule has 0 bridgehead atoms. The maximum absolute atomic E-state index is 13.1. The van der Waals surface area contributed by atoms with Crippen molar-refractivity contribution in [2.45, 2.75) is 13.3 Å². The largest absolute Gasteiger partial charge is 0.497 e. The zero-order chi connectivity index (χ0) is 22.7. The molecule has 164 valence electrons. The fraction of sp³-hybridized carbons (Fsp3) is 0.217. The van der Waals surface area contributed by atoms with Crippen LogP contribution in [0.1, 0.15) is 21.7 Å². The van der Waals surface area contributed by atoms with E-state index in [-0.39, 0.29) is 5.91 Å². The van der Waals surface area contributed by atoms with Gasteiger partial charge in [-0.1, -0.05) is 29.8 Å². The van der Waals surface area contributed by atoms with Crippen molar-refractivity contribution in [2.24, 2.45) is 7.05 Å². The van der Waals surface area contributed by atoms with Gasteiger partial charge in [0, 0.05) is 31.8 Å². The molecule has 32 heavy (non-hydrogen) atoms. The first-order chi connectivity index (χ1) is 15.5. The number of hydrogen-bond acceptors (Lipinski definition) is 5. The van der Waals surface area contributed by atoms with E-state index in [1.54, 1.807) is 22.6 Å². The molecule has 8 nitrogen and oxygen atoms in total. The van der Waals surface area contributed by atoms with E-state index in [9.17, 15) is 4.79 Å². The molecule has 0 fully saturated rings. The number of ether oxygens (including phenoxy) is 1. The molecule has 0 aliphatic carbocycles. The number of aryl methyl sites for hydroxylation is 1. The summed E-state index contributed by atoms with van der Waals surface area (Å²) in [5.74, 6) is 1.26. The highest BCUT2D eigenvalue weighted by molar-refractivity contribution is 7.71. The third-order valence-corrected chi connectivity index (χ3v) is 5.57. The van der Waals surface area contributed by atoms with Gasteiger partial charge in [-0.15, -0.1) is 0 Å². The lowest BCUT2D eigenvalue weighted by atomic mass is 10.1. The molecule has 0 spiro atoms. The standard InChI is InChI=1S/C23H24N6O2S/c1-15-7-9-17(10-8-15)29-14-19(21(27-29)16-5-4-6-18(13-16)31-3)22(30)24-12-11-20-25-26-23(32)28(20)2/h4-10,13-14H,11-12H2,1-3H3,(H,24,30)(H,26,32). The van der Waals surface area contributed by atoms with Crippen molar-refractivity contribution in [2.75, 3.05) is 13.7 Å². The van der Waals surface area contributed by atoms with E-state index in [4.69, 9.17) is 22.1 Å². The molecule has 4 aromatic rings. The number of nitrogens with one attached hydrogen (secondary N) is 2. The van der Waals surface area contributed by atoms with Crippen molar-refractivity contribution in [3.05, 3.63) is 76.5 Å². The molecule has 0 aliphatic rings. The Balaban J connectivity index is 1.63. The van der Waals surface area contributed by atoms with E-state index in [0.29, 0.717) is 34.7 Å². The molecule has 0 saturated carbocycles. The van der Waals surface area contributed by atoms with E-state index in [1.165, 1.54) is 0 Å². The van der Waals surface area contributed by atoms with Crippen molar-refractivity contribution in [1.82, 2.24) is 29.9 Å². The number of amides is 1. The van der Waals surface area contributed by atoms with Gasteiger partial charge >= 0.3 is 0 Å². The summed E-state index contributed by atoms with van der Waals surface area (Å²) in [6.45, 7) is 2.45. The quantitative estimate of drug-likeness (QED) is 0.422. The number of carbonyl (C=O) groups excluding carboxylic acids is 1. The summed E-state index contributed by atoms with van der Waals surface area (Å²) in [6, 6.07) is 15.5. The zero-order valence-corrected chi connectivity index (χ0v) is 18.9. The highest BCUT2D eigenvalue weighted by atomic mass is 32.1. The Hall–Kier alpha value is -3.72. The number of carbonyl (C=O) groups is 1. The second-order valence-corrected chi connectivity index (χ2v) is 7.80. The fourth-order valence-electron chi connectivity index (χ4n) is 3.34. The Morgan fingerprint density at radius 2 is 2.00 bits per heavy atom. The van der Waals surface area contributed by atoms with Crippen LogP contribution in [0.5, 0.6) is 5.75 Å². The highest BCUT2D eigenvalue weighted by Gasteiger charge is 2.19. The maximum atomic E-state index is 13.1. The number of aromatic nitrogens is 5. The van der Waals surface area contributed by atoms with E-state index in [1.807, 2.05) is 62.5 Å². The van der Waals surface area contributed by atoms with Gasteiger partial charge in [0.25, 0.3) is 5.91 Å². The third-order valence-electron chi connectivity index (χ3n) is 5.21. The minimum absolute atomic E-state index is 0.210. The Kier molecular flexibility index (Phi) is 6.18. The van der Waals surface area contributed by atoms with Crippen LogP contribution in [0.3, 0.4) is 0 Å². The maximum Gasteiger partial charge on any atom is 0.255 e. The summed E-state index contributed by atoms with van der Waals surface area (Å²) >= 11 is 5.14. The number of nitrogens with zero attached hydrogens (tertiary/aromatic N) is 4. The zero-order valence-electron chi connectivity index (χ0n) is 18.1. The summed E-state index contributed by atoms with van der Waals surface area (Å²) in [5, 5.41) is 14.6. The van der Waals surface area contributed by atoms with Crippen LogP contribution in [-0.2, 0) is 13.5 Å². The Labute approximate surface area is 190 Å². The normalized spacial score (nSPS) is 10.8. The summed E-state index contributed by atoms with van der Waals surface area (Å²) in [6.07, 6.45) is 2.31. The van der Waals surface area contributed by atoms with Gasteiger partial charge in [0.05, 0.1) is 18.4 Å². The Morgan fingerprint density at radius 3 is 2.69 bits per heavy atom. The predicted molar refractivity (Wildman–Crippen MR) is 125 cm³/mol. The summed E-state index contributed by atoms with van der Waals surface area (Å²) < 4.78 is 9.41. The molecule has 0 unspecified atom stereocenters. The van der Waals surface area contributed by atoms with Crippen molar-refractivity contribution >= 4 is 18.1 Å². The number of rotatable bonds is 7. The molecule has 2 heterocycles. The van der Waals surface area contributed by atoms with Crippen LogP contribution in [0.2, 0.25) is 0 Å². The first-order valence-electron chi connectivity index (χ1n) is 10.2. The van der Waals surface area contributed by atoms with Crippen LogP contribution >= 0.6 is 12.2 Å². The molecule has 0 aliphatic heterocycles. The minimum Gasteiger partial charge on any atom is -0.497 e. The lowest BCUT2D eigenvalue weighted by Crippen LogP contribution is -2.26. The average molecular weight is 449 g/mol. The van der Waals surface area contributed by atoms with E-state index >= 15 is 0 Å². The molecule has 2 aromatic carbocycles. The Bertz CT molecular complexity index is 1300. The van der Waals surface area contributed by atoms with E-state index in [2.05, 4.69) is 15.5 Å². The van der Waals surface area contributed by atoms with Crippen molar-refractivity contribution < 1.29 is 9.53 Å². The second kappa shape index (κ2) is 9.19. The summed E-state index contributed by atoms with van der Waals surface area (Å²) in [7, 11) is 3.45. The minimum atomic E-state index is -0.210. The van der Waals surface area contributed by atoms with Crippen LogP contribution in [0.15, 0.2) is 54.7 Å². The topological polar surface area (TPSA) is 89.8 Å². The molecule has 1 amide bonds. The van der Waals surface area contributed by atoms with Gasteiger partial charge < -0.3 is 14.6 Å². The monoisotopic (exact) mass is 448 g/mol. The van der Waals surface area contributed by atoms with Gasteiger partial charge in [-0.3, -0.25) is 9.89 Å². The van der Waals surface area contributed by atoms with Crippen LogP contribution in [0.25, 0.3) is 16.9 Å². The van der Waals surface area contributed by atoms with Gasteiger partial charge in [-0.25, -0.2) is 4.68 Å². The first kappa shape index (κ1) is 21.5. The van der Waals surface area contributed by atoms with Gasteiger partial charge in [0.15, 0.2) is 4.77 Å². The molecule has 0 saturated heterocycles. The van der Waals surface area contributed by atoms with E-state index < -0.39 is 0 Å². The third kappa shape index (κ3) is 4.47. The molecular weight excluding hydrogens is 424 g/mol. The molecule has 2 aromatic heterocycles. The fourth-order valence-corrected chi connectivity index (χ4v) is 3.49.